The molecule has 0 aliphatic heterocycles. The first kappa shape index (κ1) is 23.5. The first-order valence-electron chi connectivity index (χ1n) is 9.35. The largest absolute Gasteiger partial charge is 0.411 e. The maximum atomic E-state index is 12.8. The fourth-order valence-corrected chi connectivity index (χ4v) is 2.85. The van der Waals surface area contributed by atoms with Gasteiger partial charge >= 0.3 is 12.4 Å². The number of carbonyl (C=O) groups is 1. The monoisotopic (exact) mass is 457 g/mol. The van der Waals surface area contributed by atoms with Crippen molar-refractivity contribution < 1.29 is 35.9 Å². The van der Waals surface area contributed by atoms with Gasteiger partial charge in [-0.2, -0.15) is 26.3 Å². The Morgan fingerprint density at radius 3 is 2.44 bits per heavy atom. The minimum atomic E-state index is -4.55. The third kappa shape index (κ3) is 6.39. The molecule has 1 aliphatic rings. The highest BCUT2D eigenvalue weighted by molar-refractivity contribution is 6.06. The number of aromatic nitrogens is 2. The van der Waals surface area contributed by atoms with Crippen molar-refractivity contribution in [3.8, 4) is 11.4 Å². The molecule has 1 atom stereocenters. The second-order valence-corrected chi connectivity index (χ2v) is 6.88. The van der Waals surface area contributed by atoms with Gasteiger partial charge < -0.3 is 10.1 Å². The zero-order valence-electron chi connectivity index (χ0n) is 16.4. The smallest absolute Gasteiger partial charge is 0.366 e. The Morgan fingerprint density at radius 1 is 1.12 bits per heavy atom. The number of amides is 1. The summed E-state index contributed by atoms with van der Waals surface area (Å²) in [6.45, 7) is -2.08. The number of hydrogen-bond acceptors (Lipinski definition) is 4. The fourth-order valence-electron chi connectivity index (χ4n) is 2.85. The van der Waals surface area contributed by atoms with Crippen molar-refractivity contribution in [3.63, 3.8) is 0 Å². The van der Waals surface area contributed by atoms with Crippen LogP contribution in [0.2, 0.25) is 0 Å². The highest BCUT2D eigenvalue weighted by Crippen LogP contribution is 2.33. The van der Waals surface area contributed by atoms with Crippen LogP contribution in [0.15, 0.2) is 60.3 Å². The van der Waals surface area contributed by atoms with Crippen molar-refractivity contribution in [2.75, 3.05) is 11.9 Å². The second-order valence-electron chi connectivity index (χ2n) is 6.88. The summed E-state index contributed by atoms with van der Waals surface area (Å²) in [5.41, 5.74) is 0.562. The van der Waals surface area contributed by atoms with E-state index < -0.39 is 43.8 Å². The number of carbonyl (C=O) groups excluding carboxylic acids is 1. The average molecular weight is 457 g/mol. The lowest BCUT2D eigenvalue weighted by atomic mass is 9.96. The molecule has 170 valence electrons. The van der Waals surface area contributed by atoms with Crippen LogP contribution in [-0.4, -0.2) is 34.8 Å². The molecule has 3 rings (SSSR count). The molecule has 11 heteroatoms. The summed E-state index contributed by atoms with van der Waals surface area (Å²) in [5.74, 6) is -2.21. The van der Waals surface area contributed by atoms with Crippen molar-refractivity contribution in [1.29, 1.82) is 0 Å². The Labute approximate surface area is 178 Å². The number of rotatable bonds is 6. The summed E-state index contributed by atoms with van der Waals surface area (Å²) in [7, 11) is 0. The van der Waals surface area contributed by atoms with Gasteiger partial charge in [-0.1, -0.05) is 48.6 Å². The van der Waals surface area contributed by atoms with E-state index in [4.69, 9.17) is 0 Å². The quantitative estimate of drug-likeness (QED) is 0.604. The van der Waals surface area contributed by atoms with Gasteiger partial charge in [0.05, 0.1) is 30.1 Å². The van der Waals surface area contributed by atoms with E-state index in [0.717, 1.165) is 18.2 Å². The fraction of sp³-hybridized carbons (Fsp3) is 0.286. The second kappa shape index (κ2) is 9.51. The summed E-state index contributed by atoms with van der Waals surface area (Å²) in [6.07, 6.45) is -5.07. The van der Waals surface area contributed by atoms with E-state index in [9.17, 15) is 31.1 Å². The van der Waals surface area contributed by atoms with Gasteiger partial charge in [0.1, 0.15) is 6.61 Å². The lowest BCUT2D eigenvalue weighted by molar-refractivity contribution is -0.176. The Bertz CT molecular complexity index is 1020. The Hall–Kier alpha value is -3.21. The van der Waals surface area contributed by atoms with Gasteiger partial charge in [-0.25, -0.2) is 9.97 Å². The molecule has 0 fully saturated rings. The van der Waals surface area contributed by atoms with Crippen LogP contribution >= 0.6 is 0 Å². The first-order chi connectivity index (χ1) is 15.0. The molecule has 1 aromatic heterocycles. The van der Waals surface area contributed by atoms with Gasteiger partial charge in [-0.3, -0.25) is 4.79 Å². The molecule has 5 nitrogen and oxygen atoms in total. The van der Waals surface area contributed by atoms with Crippen LogP contribution in [-0.2, 0) is 16.1 Å². The Morgan fingerprint density at radius 2 is 1.84 bits per heavy atom. The molecule has 0 bridgehead atoms. The number of anilines is 1. The number of alkyl halides is 6. The summed E-state index contributed by atoms with van der Waals surface area (Å²) in [4.78, 5) is 20.8. The number of allylic oxidation sites excluding steroid dienone is 2. The molecule has 0 spiro atoms. The highest BCUT2D eigenvalue weighted by Gasteiger charge is 2.38. The minimum Gasteiger partial charge on any atom is -0.366 e. The van der Waals surface area contributed by atoms with E-state index in [2.05, 4.69) is 20.0 Å². The summed E-state index contributed by atoms with van der Waals surface area (Å²) in [6, 6.07) is 8.61. The Balaban J connectivity index is 1.79. The number of hydrogen-bond donors (Lipinski definition) is 1. The number of nitrogens with one attached hydrogen (secondary N) is 1. The third-order valence-electron chi connectivity index (χ3n) is 4.43. The molecule has 1 aliphatic carbocycles. The topological polar surface area (TPSA) is 64.1 Å². The molecule has 1 heterocycles. The summed E-state index contributed by atoms with van der Waals surface area (Å²) < 4.78 is 80.3. The van der Waals surface area contributed by atoms with E-state index in [0.29, 0.717) is 5.56 Å². The van der Waals surface area contributed by atoms with Crippen molar-refractivity contribution in [1.82, 2.24) is 9.97 Å². The van der Waals surface area contributed by atoms with Crippen molar-refractivity contribution >= 4 is 11.6 Å². The van der Waals surface area contributed by atoms with Crippen LogP contribution in [0.25, 0.3) is 11.4 Å². The van der Waals surface area contributed by atoms with Crippen molar-refractivity contribution in [2.24, 2.45) is 5.92 Å². The third-order valence-corrected chi connectivity index (χ3v) is 4.43. The van der Waals surface area contributed by atoms with E-state index >= 15 is 0 Å². The number of ether oxygens (including phenoxy) is 1. The van der Waals surface area contributed by atoms with E-state index in [1.807, 2.05) is 0 Å². The van der Waals surface area contributed by atoms with Gasteiger partial charge in [-0.05, 0) is 6.42 Å². The van der Waals surface area contributed by atoms with Crippen LogP contribution in [0.4, 0.5) is 32.0 Å². The maximum Gasteiger partial charge on any atom is 0.411 e. The first-order valence-corrected chi connectivity index (χ1v) is 9.35. The molecule has 1 N–H and O–H groups in total. The van der Waals surface area contributed by atoms with E-state index in [1.165, 1.54) is 6.20 Å². The van der Waals surface area contributed by atoms with Gasteiger partial charge in [0.15, 0.2) is 5.82 Å². The van der Waals surface area contributed by atoms with Gasteiger partial charge in [0.2, 0.25) is 0 Å². The standard InChI is InChI=1S/C21H17F6N3O2/c22-20(23,24)12-32-11-17-16(10-28-18(29-17)13-4-2-1-3-5-13)30-19(31)14-6-8-15(9-7-14)21(25,26)27/h1-8,10,15H,9,11-12H2,(H,30,31). The van der Waals surface area contributed by atoms with E-state index in [-0.39, 0.29) is 22.8 Å². The average Bonchev–Trinajstić information content (AvgIpc) is 2.74. The number of benzene rings is 1. The molecule has 32 heavy (non-hydrogen) atoms. The molecule has 1 unspecified atom stereocenters. The zero-order valence-corrected chi connectivity index (χ0v) is 16.4. The molecule has 0 saturated heterocycles. The van der Waals surface area contributed by atoms with Gasteiger partial charge in [0, 0.05) is 11.1 Å². The predicted molar refractivity (Wildman–Crippen MR) is 103 cm³/mol. The molecule has 0 radical (unpaired) electrons. The van der Waals surface area contributed by atoms with Gasteiger partial charge in [-0.15, -0.1) is 0 Å². The predicted octanol–water partition coefficient (Wildman–Crippen LogP) is 5.23. The van der Waals surface area contributed by atoms with Crippen LogP contribution in [0.1, 0.15) is 12.1 Å². The maximum absolute atomic E-state index is 12.8. The lowest BCUT2D eigenvalue weighted by Crippen LogP contribution is -2.24. The molecule has 2 aromatic rings. The molecular weight excluding hydrogens is 440 g/mol. The Kier molecular flexibility index (Phi) is 6.97. The van der Waals surface area contributed by atoms with Crippen LogP contribution < -0.4 is 5.32 Å². The van der Waals surface area contributed by atoms with E-state index in [1.54, 1.807) is 30.3 Å². The molecule has 1 aromatic carbocycles. The van der Waals surface area contributed by atoms with Crippen molar-refractivity contribution in [2.45, 2.75) is 25.4 Å². The molecule has 0 saturated carbocycles. The summed E-state index contributed by atoms with van der Waals surface area (Å²) >= 11 is 0. The van der Waals surface area contributed by atoms with Crippen molar-refractivity contribution in [3.05, 3.63) is 66.0 Å². The van der Waals surface area contributed by atoms with Crippen LogP contribution in [0.3, 0.4) is 0 Å². The number of halogens is 6. The highest BCUT2D eigenvalue weighted by atomic mass is 19.4. The molecule has 1 amide bonds. The normalized spacial score (nSPS) is 16.6. The number of nitrogens with zero attached hydrogens (tertiary/aromatic N) is 2. The van der Waals surface area contributed by atoms with Crippen LogP contribution in [0, 0.1) is 5.92 Å². The zero-order chi connectivity index (χ0) is 23.4. The summed E-state index contributed by atoms with van der Waals surface area (Å²) in [5, 5.41) is 2.43. The van der Waals surface area contributed by atoms with Gasteiger partial charge in [0.25, 0.3) is 5.91 Å². The minimum absolute atomic E-state index is 0.00925. The lowest BCUT2D eigenvalue weighted by Gasteiger charge is -2.19. The SMILES string of the molecule is O=C(Nc1cnc(-c2ccccc2)nc1COCC(F)(F)F)C1=CCC(C(F)(F)F)C=C1. The van der Waals surface area contributed by atoms with Crippen LogP contribution in [0.5, 0.6) is 0 Å². The molecular formula is C21H17F6N3O2.